The molecule has 1 radical (unpaired) electrons. The van der Waals surface area contributed by atoms with E-state index in [0.29, 0.717) is 5.88 Å². The minimum Gasteiger partial charge on any atom is -0.529 e. The van der Waals surface area contributed by atoms with Gasteiger partial charge in [0.05, 0.1) is 4.47 Å². The van der Waals surface area contributed by atoms with Crippen LogP contribution in [0, 0.1) is 0 Å². The average Bonchev–Trinajstić information content (AvgIpc) is 2.06. The van der Waals surface area contributed by atoms with E-state index in [2.05, 4.69) is 59.8 Å². The molecule has 0 bridgehead atoms. The first-order valence-electron chi connectivity index (χ1n) is 4.81. The van der Waals surface area contributed by atoms with Gasteiger partial charge in [0.15, 0.2) is 0 Å². The number of nitrogens with zero attached hydrogens (tertiary/aromatic N) is 2. The Balaban J connectivity index is 3.06. The Kier molecular flexibility index (Phi) is 3.89. The van der Waals surface area contributed by atoms with Crippen molar-refractivity contribution in [3.8, 4) is 5.88 Å². The zero-order valence-corrected chi connectivity index (χ0v) is 12.3. The Labute approximate surface area is 101 Å². The van der Waals surface area contributed by atoms with Gasteiger partial charge in [0, 0.05) is 11.6 Å². The summed E-state index contributed by atoms with van der Waals surface area (Å²) in [6.45, 7) is 10.4. The Hall–Kier alpha value is -0.423. The lowest BCUT2D eigenvalue weighted by atomic mass is 9.96. The lowest BCUT2D eigenvalue weighted by molar-refractivity contribution is 0.501. The van der Waals surface area contributed by atoms with Crippen molar-refractivity contribution in [1.29, 1.82) is 0 Å². The predicted molar refractivity (Wildman–Crippen MR) is 66.5 cm³/mol. The van der Waals surface area contributed by atoms with E-state index in [-0.39, 0.29) is 5.41 Å². The first kappa shape index (κ1) is 12.6. The van der Waals surface area contributed by atoms with Gasteiger partial charge in [-0.15, -0.1) is 0 Å². The van der Waals surface area contributed by atoms with Crippen LogP contribution in [-0.4, -0.2) is 19.0 Å². The molecule has 0 unspecified atom stereocenters. The number of aromatic nitrogens is 2. The Morgan fingerprint density at radius 1 is 1.33 bits per heavy atom. The quantitative estimate of drug-likeness (QED) is 0.784. The zero-order valence-electron chi connectivity index (χ0n) is 9.76. The van der Waals surface area contributed by atoms with Gasteiger partial charge in [0.1, 0.15) is 5.82 Å². The zero-order chi connectivity index (χ0) is 11.6. The van der Waals surface area contributed by atoms with Crippen molar-refractivity contribution in [2.75, 3.05) is 0 Å². The molecule has 0 fully saturated rings. The van der Waals surface area contributed by atoms with Gasteiger partial charge in [-0.25, -0.2) is 4.98 Å². The third-order valence-corrected chi connectivity index (χ3v) is 2.83. The molecule has 1 rings (SSSR count). The van der Waals surface area contributed by atoms with Crippen molar-refractivity contribution in [3.63, 3.8) is 0 Å². The largest absolute Gasteiger partial charge is 0.529 e. The minimum absolute atomic E-state index is 0.0484. The first-order chi connectivity index (χ1) is 6.80. The second-order valence-corrected chi connectivity index (χ2v) is 7.48. The third-order valence-electron chi connectivity index (χ3n) is 1.68. The first-order valence-corrected chi connectivity index (χ1v) is 8.02. The highest BCUT2D eigenvalue weighted by Gasteiger charge is 2.19. The van der Waals surface area contributed by atoms with Crippen molar-refractivity contribution >= 4 is 25.0 Å². The molecule has 0 aliphatic heterocycles. The molecule has 0 amide bonds. The van der Waals surface area contributed by atoms with Crippen LogP contribution in [0.25, 0.3) is 0 Å². The highest BCUT2D eigenvalue weighted by Crippen LogP contribution is 2.26. The smallest absolute Gasteiger partial charge is 0.276 e. The molecule has 1 aromatic heterocycles. The van der Waals surface area contributed by atoms with Gasteiger partial charge >= 0.3 is 0 Å². The van der Waals surface area contributed by atoms with E-state index in [4.69, 9.17) is 4.43 Å². The monoisotopic (exact) mass is 287 g/mol. The van der Waals surface area contributed by atoms with Crippen LogP contribution in [0.1, 0.15) is 26.6 Å². The van der Waals surface area contributed by atoms with Crippen LogP contribution in [0.2, 0.25) is 13.1 Å². The molecule has 15 heavy (non-hydrogen) atoms. The number of halogens is 1. The summed E-state index contributed by atoms with van der Waals surface area (Å²) in [6.07, 6.45) is 1.76. The van der Waals surface area contributed by atoms with E-state index < -0.39 is 9.04 Å². The second-order valence-electron chi connectivity index (χ2n) is 4.61. The van der Waals surface area contributed by atoms with Gasteiger partial charge in [0.2, 0.25) is 5.88 Å². The maximum absolute atomic E-state index is 5.68. The normalized spacial score (nSPS) is 11.9. The maximum atomic E-state index is 5.68. The van der Waals surface area contributed by atoms with Crippen LogP contribution in [0.5, 0.6) is 5.88 Å². The summed E-state index contributed by atoms with van der Waals surface area (Å²) in [4.78, 5) is 8.72. The second kappa shape index (κ2) is 4.61. The molecule has 0 saturated heterocycles. The predicted octanol–water partition coefficient (Wildman–Crippen LogP) is 3.17. The number of hydrogen-bond donors (Lipinski definition) is 0. The van der Waals surface area contributed by atoms with Crippen LogP contribution in [0.3, 0.4) is 0 Å². The summed E-state index contributed by atoms with van der Waals surface area (Å²) in [5.41, 5.74) is -0.0484. The van der Waals surface area contributed by atoms with E-state index in [9.17, 15) is 0 Å². The van der Waals surface area contributed by atoms with Crippen LogP contribution in [0.4, 0.5) is 0 Å². The number of rotatable bonds is 2. The molecule has 0 aliphatic rings. The Bertz CT molecular complexity index is 350. The molecule has 5 heteroatoms. The van der Waals surface area contributed by atoms with Gasteiger partial charge in [0.25, 0.3) is 9.04 Å². The molecule has 0 saturated carbocycles. The highest BCUT2D eigenvalue weighted by atomic mass is 79.9. The lowest BCUT2D eigenvalue weighted by Gasteiger charge is -2.18. The summed E-state index contributed by atoms with van der Waals surface area (Å²) in [7, 11) is -0.791. The van der Waals surface area contributed by atoms with Gasteiger partial charge in [-0.05, 0) is 29.0 Å². The minimum atomic E-state index is -0.791. The molecule has 3 nitrogen and oxygen atoms in total. The fourth-order valence-corrected chi connectivity index (χ4v) is 1.94. The maximum Gasteiger partial charge on any atom is 0.276 e. The summed E-state index contributed by atoms with van der Waals surface area (Å²) in [5, 5.41) is 0. The molecule has 0 N–H and O–H groups in total. The summed E-state index contributed by atoms with van der Waals surface area (Å²) < 4.78 is 6.51. The van der Waals surface area contributed by atoms with Crippen LogP contribution in [0.15, 0.2) is 10.7 Å². The Morgan fingerprint density at radius 2 is 1.93 bits per heavy atom. The number of hydrogen-bond acceptors (Lipinski definition) is 3. The van der Waals surface area contributed by atoms with Crippen molar-refractivity contribution in [3.05, 3.63) is 16.5 Å². The molecule has 1 aromatic rings. The summed E-state index contributed by atoms with van der Waals surface area (Å²) in [5.74, 6) is 1.47. The fraction of sp³-hybridized carbons (Fsp3) is 0.600. The van der Waals surface area contributed by atoms with Crippen LogP contribution >= 0.6 is 15.9 Å². The van der Waals surface area contributed by atoms with Crippen molar-refractivity contribution in [2.45, 2.75) is 39.3 Å². The molecule has 83 valence electrons. The molecular weight excluding hydrogens is 272 g/mol. The van der Waals surface area contributed by atoms with Crippen LogP contribution in [-0.2, 0) is 5.41 Å². The third kappa shape index (κ3) is 3.57. The highest BCUT2D eigenvalue weighted by molar-refractivity contribution is 9.10. The van der Waals surface area contributed by atoms with Crippen LogP contribution < -0.4 is 4.43 Å². The Morgan fingerprint density at radius 3 is 2.40 bits per heavy atom. The van der Waals surface area contributed by atoms with E-state index in [0.717, 1.165) is 10.3 Å². The fourth-order valence-electron chi connectivity index (χ4n) is 0.978. The molecular formula is C10H16BrN2OSi. The van der Waals surface area contributed by atoms with Crippen molar-refractivity contribution in [1.82, 2.24) is 9.97 Å². The molecule has 0 aromatic carbocycles. The summed E-state index contributed by atoms with van der Waals surface area (Å²) in [6, 6.07) is 0. The van der Waals surface area contributed by atoms with Gasteiger partial charge in [-0.1, -0.05) is 20.8 Å². The van der Waals surface area contributed by atoms with E-state index in [1.807, 2.05) is 0 Å². The van der Waals surface area contributed by atoms with Gasteiger partial charge in [-0.2, -0.15) is 4.98 Å². The van der Waals surface area contributed by atoms with E-state index in [1.54, 1.807) is 6.20 Å². The van der Waals surface area contributed by atoms with Gasteiger partial charge < -0.3 is 4.43 Å². The standard InChI is InChI=1S/C10H16BrN2OSi/c1-10(2,3)9-12-6-7(11)8(13-9)14-15(4)5/h6H,1-5H3. The molecule has 0 atom stereocenters. The van der Waals surface area contributed by atoms with E-state index in [1.165, 1.54) is 0 Å². The molecule has 1 heterocycles. The van der Waals surface area contributed by atoms with Gasteiger partial charge in [-0.3, -0.25) is 0 Å². The van der Waals surface area contributed by atoms with Crippen molar-refractivity contribution < 1.29 is 4.43 Å². The van der Waals surface area contributed by atoms with Crippen molar-refractivity contribution in [2.24, 2.45) is 0 Å². The summed E-state index contributed by atoms with van der Waals surface area (Å²) >= 11 is 3.39. The average molecular weight is 288 g/mol. The molecule has 0 aliphatic carbocycles. The topological polar surface area (TPSA) is 35.0 Å². The molecule has 0 spiro atoms. The lowest BCUT2D eigenvalue weighted by Crippen LogP contribution is -2.19. The van der Waals surface area contributed by atoms with E-state index >= 15 is 0 Å². The SMILES string of the molecule is C[Si](C)Oc1nc(C(C)(C)C)ncc1Br.